The predicted molar refractivity (Wildman–Crippen MR) is 114 cm³/mol. The highest BCUT2D eigenvalue weighted by molar-refractivity contribution is 7.90. The zero-order valence-corrected chi connectivity index (χ0v) is 17.8. The number of nitriles is 1. The first kappa shape index (κ1) is 23.8. The van der Waals surface area contributed by atoms with Crippen LogP contribution in [0.15, 0.2) is 33.7 Å². The maximum atomic E-state index is 13.5. The zero-order chi connectivity index (χ0) is 23.2. The molecule has 1 aromatic carbocycles. The minimum absolute atomic E-state index is 0.0566. The quantitative estimate of drug-likeness (QED) is 0.478. The Morgan fingerprint density at radius 3 is 2.77 bits per heavy atom. The van der Waals surface area contributed by atoms with Gasteiger partial charge < -0.3 is 15.0 Å². The number of benzene rings is 1. The zero-order valence-electron chi connectivity index (χ0n) is 17.0. The highest BCUT2D eigenvalue weighted by atomic mass is 32.2. The van der Waals surface area contributed by atoms with E-state index in [1.54, 1.807) is 13.0 Å². The van der Waals surface area contributed by atoms with E-state index < -0.39 is 27.9 Å². The topological polar surface area (TPSA) is 125 Å². The molecule has 162 valence electrons. The SMILES string of the molecule is C=NS(=O)(=O)c1cn(C)c(C(=O)Nc2ccc(F)c(C#N)c2)c1CCC[C@H](O)C#CC. The van der Waals surface area contributed by atoms with Crippen molar-refractivity contribution >= 4 is 28.3 Å². The van der Waals surface area contributed by atoms with Crippen LogP contribution in [0, 0.1) is 29.0 Å². The molecule has 0 aliphatic heterocycles. The van der Waals surface area contributed by atoms with Gasteiger partial charge in [-0.15, -0.1) is 5.92 Å². The van der Waals surface area contributed by atoms with E-state index in [0.717, 1.165) is 6.07 Å². The fraction of sp³-hybridized carbons (Fsp3) is 0.286. The molecule has 0 spiro atoms. The summed E-state index contributed by atoms with van der Waals surface area (Å²) in [6.45, 7) is 4.68. The van der Waals surface area contributed by atoms with Crippen LogP contribution in [0.5, 0.6) is 0 Å². The summed E-state index contributed by atoms with van der Waals surface area (Å²) in [5.74, 6) is 3.83. The molecule has 0 saturated carbocycles. The molecule has 10 heteroatoms. The van der Waals surface area contributed by atoms with Crippen LogP contribution in [0.4, 0.5) is 10.1 Å². The molecule has 1 amide bonds. The Morgan fingerprint density at radius 1 is 1.45 bits per heavy atom. The van der Waals surface area contributed by atoms with Gasteiger partial charge in [0.2, 0.25) is 0 Å². The number of aryl methyl sites for hydroxylation is 1. The number of carbonyl (C=O) groups excluding carboxylic acids is 1. The van der Waals surface area contributed by atoms with Gasteiger partial charge in [0.1, 0.15) is 28.6 Å². The van der Waals surface area contributed by atoms with Crippen LogP contribution in [-0.4, -0.2) is 36.8 Å². The lowest BCUT2D eigenvalue weighted by molar-refractivity contribution is 0.101. The van der Waals surface area contributed by atoms with Crippen LogP contribution >= 0.6 is 0 Å². The first-order chi connectivity index (χ1) is 14.6. The number of sulfonamides is 1. The third-order valence-corrected chi connectivity index (χ3v) is 5.72. The number of nitrogens with one attached hydrogen (secondary N) is 1. The van der Waals surface area contributed by atoms with E-state index in [9.17, 15) is 22.7 Å². The van der Waals surface area contributed by atoms with Crippen molar-refractivity contribution in [2.24, 2.45) is 11.4 Å². The monoisotopic (exact) mass is 444 g/mol. The second-order valence-corrected chi connectivity index (χ2v) is 8.25. The summed E-state index contributed by atoms with van der Waals surface area (Å²) in [4.78, 5) is 12.8. The van der Waals surface area contributed by atoms with E-state index in [1.807, 2.05) is 0 Å². The Labute approximate surface area is 180 Å². The Bertz CT molecular complexity index is 1220. The van der Waals surface area contributed by atoms with Gasteiger partial charge in [0, 0.05) is 31.2 Å². The number of amides is 1. The summed E-state index contributed by atoms with van der Waals surface area (Å²) in [6, 6.07) is 5.21. The molecular weight excluding hydrogens is 423 g/mol. The number of aromatic nitrogens is 1. The Kier molecular flexibility index (Phi) is 7.70. The van der Waals surface area contributed by atoms with Crippen molar-refractivity contribution in [2.75, 3.05) is 5.32 Å². The number of anilines is 1. The molecule has 8 nitrogen and oxygen atoms in total. The van der Waals surface area contributed by atoms with E-state index in [4.69, 9.17) is 5.26 Å². The van der Waals surface area contributed by atoms with Crippen molar-refractivity contribution < 1.29 is 22.7 Å². The van der Waals surface area contributed by atoms with Gasteiger partial charge in [-0.25, -0.2) is 4.39 Å². The second-order valence-electron chi connectivity index (χ2n) is 6.60. The van der Waals surface area contributed by atoms with Gasteiger partial charge in [-0.3, -0.25) is 4.79 Å². The minimum atomic E-state index is -4.08. The molecule has 0 bridgehead atoms. The Hall–Kier alpha value is -3.47. The molecular formula is C21H21FN4O4S. The summed E-state index contributed by atoms with van der Waals surface area (Å²) in [7, 11) is -2.58. The first-order valence-electron chi connectivity index (χ1n) is 9.17. The van der Waals surface area contributed by atoms with E-state index in [1.165, 1.54) is 29.9 Å². The predicted octanol–water partition coefficient (Wildman–Crippen LogP) is 2.38. The summed E-state index contributed by atoms with van der Waals surface area (Å²) < 4.78 is 42.8. The molecule has 2 N–H and O–H groups in total. The lowest BCUT2D eigenvalue weighted by Crippen LogP contribution is -2.18. The maximum absolute atomic E-state index is 13.5. The van der Waals surface area contributed by atoms with Gasteiger partial charge >= 0.3 is 0 Å². The highest BCUT2D eigenvalue weighted by Gasteiger charge is 2.27. The molecule has 0 radical (unpaired) electrons. The van der Waals surface area contributed by atoms with Crippen molar-refractivity contribution in [2.45, 2.75) is 37.2 Å². The number of aliphatic hydroxyl groups is 1. The van der Waals surface area contributed by atoms with Gasteiger partial charge in [-0.1, -0.05) is 5.92 Å². The average Bonchev–Trinajstić information content (AvgIpc) is 3.06. The molecule has 0 saturated heterocycles. The molecule has 1 aromatic heterocycles. The lowest BCUT2D eigenvalue weighted by atomic mass is 10.1. The van der Waals surface area contributed by atoms with E-state index >= 15 is 0 Å². The van der Waals surface area contributed by atoms with Crippen molar-refractivity contribution in [3.05, 3.63) is 47.0 Å². The highest BCUT2D eigenvalue weighted by Crippen LogP contribution is 2.27. The maximum Gasteiger partial charge on any atom is 0.283 e. The molecule has 0 fully saturated rings. The molecule has 2 rings (SSSR count). The summed E-state index contributed by atoms with van der Waals surface area (Å²) in [6.07, 6.45) is 1.19. The number of rotatable bonds is 8. The second kappa shape index (κ2) is 10.0. The molecule has 2 aromatic rings. The van der Waals surface area contributed by atoms with Crippen LogP contribution in [0.1, 0.15) is 41.4 Å². The van der Waals surface area contributed by atoms with Crippen LogP contribution < -0.4 is 5.32 Å². The van der Waals surface area contributed by atoms with Crippen molar-refractivity contribution in [3.8, 4) is 17.9 Å². The number of hydrogen-bond donors (Lipinski definition) is 2. The summed E-state index contributed by atoms with van der Waals surface area (Å²) in [5, 5.41) is 21.3. The van der Waals surface area contributed by atoms with Crippen LogP contribution in [0.3, 0.4) is 0 Å². The third-order valence-electron chi connectivity index (χ3n) is 4.47. The fourth-order valence-electron chi connectivity index (χ4n) is 3.07. The van der Waals surface area contributed by atoms with Crippen molar-refractivity contribution in [3.63, 3.8) is 0 Å². The molecule has 0 unspecified atom stereocenters. The van der Waals surface area contributed by atoms with Gasteiger partial charge in [-0.2, -0.15) is 18.1 Å². The fourth-order valence-corrected chi connectivity index (χ4v) is 4.01. The van der Waals surface area contributed by atoms with Gasteiger partial charge in [0.25, 0.3) is 15.9 Å². The van der Waals surface area contributed by atoms with Crippen molar-refractivity contribution in [1.82, 2.24) is 4.57 Å². The summed E-state index contributed by atoms with van der Waals surface area (Å²) >= 11 is 0. The molecule has 0 aliphatic carbocycles. The van der Waals surface area contributed by atoms with Crippen LogP contribution in [-0.2, 0) is 23.5 Å². The minimum Gasteiger partial charge on any atom is -0.380 e. The van der Waals surface area contributed by atoms with E-state index in [0.29, 0.717) is 6.42 Å². The number of nitrogens with zero attached hydrogens (tertiary/aromatic N) is 3. The Morgan fingerprint density at radius 2 is 2.16 bits per heavy atom. The van der Waals surface area contributed by atoms with Crippen LogP contribution in [0.2, 0.25) is 0 Å². The number of hydrogen-bond acceptors (Lipinski definition) is 5. The summed E-state index contributed by atoms with van der Waals surface area (Å²) in [5.41, 5.74) is 0.206. The average molecular weight is 444 g/mol. The lowest BCUT2D eigenvalue weighted by Gasteiger charge is -2.11. The number of aliphatic hydroxyl groups excluding tert-OH is 1. The Balaban J connectivity index is 2.42. The standard InChI is InChI=1S/C21H21FN4O4S/c1-4-6-16(27)7-5-8-17-19(31(29,30)24-2)13-26(3)20(17)21(28)25-15-9-10-18(22)14(11-15)12-23/h9-11,13,16,27H,2,5,7-8H2,1,3H3,(H,25,28)/t16-/m1/s1. The van der Waals surface area contributed by atoms with E-state index in [2.05, 4.69) is 28.3 Å². The molecule has 1 atom stereocenters. The number of carbonyl (C=O) groups is 1. The molecule has 1 heterocycles. The third kappa shape index (κ3) is 5.57. The normalized spacial score (nSPS) is 11.7. The first-order valence-corrected chi connectivity index (χ1v) is 10.6. The van der Waals surface area contributed by atoms with Gasteiger partial charge in [0.05, 0.1) is 5.56 Å². The van der Waals surface area contributed by atoms with Crippen molar-refractivity contribution in [1.29, 1.82) is 5.26 Å². The van der Waals surface area contributed by atoms with Gasteiger partial charge in [-0.05, 0) is 44.4 Å². The largest absolute Gasteiger partial charge is 0.380 e. The smallest absolute Gasteiger partial charge is 0.283 e. The molecule has 0 aliphatic rings. The van der Waals surface area contributed by atoms with Gasteiger partial charge in [0.15, 0.2) is 0 Å². The van der Waals surface area contributed by atoms with E-state index in [-0.39, 0.29) is 40.2 Å². The molecule has 31 heavy (non-hydrogen) atoms. The van der Waals surface area contributed by atoms with Crippen LogP contribution in [0.25, 0.3) is 0 Å². The number of halogens is 1.